The van der Waals surface area contributed by atoms with Crippen molar-refractivity contribution in [1.82, 2.24) is 5.17 Å². The molecule has 0 fully saturated rings. The van der Waals surface area contributed by atoms with E-state index in [1.54, 1.807) is 31.2 Å². The molecule has 0 aliphatic rings. The number of amides is 1. The maximum absolute atomic E-state index is 10.7. The third-order valence-corrected chi connectivity index (χ3v) is 2.09. The van der Waals surface area contributed by atoms with Gasteiger partial charge in [0.15, 0.2) is 0 Å². The second-order valence-electron chi connectivity index (χ2n) is 3.11. The van der Waals surface area contributed by atoms with Crippen molar-refractivity contribution in [3.8, 4) is 0 Å². The van der Waals surface area contributed by atoms with Crippen molar-refractivity contribution in [2.24, 2.45) is 11.0 Å². The molecule has 5 nitrogen and oxygen atoms in total. The third-order valence-electron chi connectivity index (χ3n) is 1.84. The van der Waals surface area contributed by atoms with Crippen molar-refractivity contribution in [2.75, 3.05) is 0 Å². The molecule has 1 amide bonds. The van der Waals surface area contributed by atoms with Crippen LogP contribution in [0.2, 0.25) is 5.02 Å². The van der Waals surface area contributed by atoms with Gasteiger partial charge in [-0.2, -0.15) is 0 Å². The molecule has 0 saturated carbocycles. The van der Waals surface area contributed by atoms with E-state index in [4.69, 9.17) is 17.4 Å². The maximum Gasteiger partial charge on any atom is 0.271 e. The predicted molar refractivity (Wildman–Crippen MR) is 61.5 cm³/mol. The lowest BCUT2D eigenvalue weighted by Gasteiger charge is -2.09. The zero-order valence-electron chi connectivity index (χ0n) is 8.98. The van der Waals surface area contributed by atoms with E-state index >= 15 is 0 Å². The number of nitrogens with zero attached hydrogens (tertiary/aromatic N) is 2. The van der Waals surface area contributed by atoms with Crippen LogP contribution in [0.4, 0.5) is 0 Å². The largest absolute Gasteiger partial charge is 0.271 e. The second-order valence-corrected chi connectivity index (χ2v) is 3.55. The van der Waals surface area contributed by atoms with Crippen LogP contribution in [0.15, 0.2) is 29.4 Å². The minimum atomic E-state index is -0.437. The van der Waals surface area contributed by atoms with Crippen molar-refractivity contribution in [1.29, 1.82) is 0 Å². The molecule has 2 N–H and O–H groups in total. The molecule has 0 saturated heterocycles. The van der Waals surface area contributed by atoms with Crippen LogP contribution in [0.1, 0.15) is 19.4 Å². The zero-order valence-corrected chi connectivity index (χ0v) is 9.73. The number of carbonyl (C=O) groups excluding carboxylic acids is 1. The van der Waals surface area contributed by atoms with Gasteiger partial charge in [-0.15, -0.1) is 0 Å². The molecule has 0 heterocycles. The van der Waals surface area contributed by atoms with Gasteiger partial charge in [0.05, 0.1) is 5.71 Å². The summed E-state index contributed by atoms with van der Waals surface area (Å²) in [4.78, 5) is 15.4. The van der Waals surface area contributed by atoms with Gasteiger partial charge in [0.2, 0.25) is 0 Å². The molecule has 1 rings (SSSR count). The molecular formula is C10H12ClN3O2. The topological polar surface area (TPSA) is 67.9 Å². The molecule has 16 heavy (non-hydrogen) atoms. The smallest absolute Gasteiger partial charge is 0.270 e. The number of hydrogen-bond donors (Lipinski definition) is 1. The standard InChI is InChI=1S/C10H12ClN3O2/c1-7(13-16-14(12)8(2)15)9-3-5-10(11)6-4-9/h3-6H,12H2,1-2H3. The van der Waals surface area contributed by atoms with Crippen LogP contribution < -0.4 is 5.84 Å². The SMILES string of the molecule is CC(=O)N(N)ON=C(C)c1ccc(Cl)cc1. The highest BCUT2D eigenvalue weighted by Gasteiger charge is 2.03. The highest BCUT2D eigenvalue weighted by molar-refractivity contribution is 6.30. The fraction of sp³-hybridized carbons (Fsp3) is 0.200. The van der Waals surface area contributed by atoms with E-state index < -0.39 is 5.91 Å². The molecule has 1 aromatic rings. The summed E-state index contributed by atoms with van der Waals surface area (Å²) >= 11 is 5.74. The number of halogens is 1. The molecule has 86 valence electrons. The van der Waals surface area contributed by atoms with Crippen LogP contribution in [0.5, 0.6) is 0 Å². The van der Waals surface area contributed by atoms with Gasteiger partial charge >= 0.3 is 0 Å². The van der Waals surface area contributed by atoms with Crippen LogP contribution in [0.3, 0.4) is 0 Å². The lowest BCUT2D eigenvalue weighted by atomic mass is 10.1. The van der Waals surface area contributed by atoms with Crippen molar-refractivity contribution in [2.45, 2.75) is 13.8 Å². The Bertz CT molecular complexity index is 403. The van der Waals surface area contributed by atoms with Gasteiger partial charge in [0.1, 0.15) is 0 Å². The number of hydroxylamine groups is 1. The quantitative estimate of drug-likeness (QED) is 0.379. The van der Waals surface area contributed by atoms with Gasteiger partial charge in [-0.1, -0.05) is 34.1 Å². The molecule has 0 radical (unpaired) electrons. The average molecular weight is 242 g/mol. The summed E-state index contributed by atoms with van der Waals surface area (Å²) in [5, 5.41) is 4.89. The first-order valence-corrected chi connectivity index (χ1v) is 4.91. The minimum absolute atomic E-state index is 0.437. The molecule has 1 aromatic carbocycles. The van der Waals surface area contributed by atoms with Crippen LogP contribution in [-0.4, -0.2) is 16.8 Å². The molecule has 0 aliphatic carbocycles. The van der Waals surface area contributed by atoms with Crippen molar-refractivity contribution in [3.05, 3.63) is 34.9 Å². The van der Waals surface area contributed by atoms with E-state index in [-0.39, 0.29) is 0 Å². The Morgan fingerprint density at radius 2 is 1.94 bits per heavy atom. The first kappa shape index (κ1) is 12.5. The van der Waals surface area contributed by atoms with Crippen LogP contribution >= 0.6 is 11.6 Å². The summed E-state index contributed by atoms with van der Waals surface area (Å²) < 4.78 is 0. The Hall–Kier alpha value is -1.59. The zero-order chi connectivity index (χ0) is 12.1. The normalized spacial score (nSPS) is 11.1. The highest BCUT2D eigenvalue weighted by Crippen LogP contribution is 2.10. The van der Waals surface area contributed by atoms with Crippen LogP contribution in [0.25, 0.3) is 0 Å². The van der Waals surface area contributed by atoms with Crippen molar-refractivity contribution in [3.63, 3.8) is 0 Å². The average Bonchev–Trinajstić information content (AvgIpc) is 2.26. The summed E-state index contributed by atoms with van der Waals surface area (Å²) in [6, 6.07) is 7.06. The van der Waals surface area contributed by atoms with Crippen molar-refractivity contribution >= 4 is 23.2 Å². The summed E-state index contributed by atoms with van der Waals surface area (Å²) in [5.74, 6) is 4.76. The highest BCUT2D eigenvalue weighted by atomic mass is 35.5. The summed E-state index contributed by atoms with van der Waals surface area (Å²) in [6.45, 7) is 3.00. The fourth-order valence-corrected chi connectivity index (χ4v) is 1.03. The molecule has 0 bridgehead atoms. The van der Waals surface area contributed by atoms with Gasteiger partial charge in [-0.3, -0.25) is 4.79 Å². The minimum Gasteiger partial charge on any atom is -0.270 e. The lowest BCUT2D eigenvalue weighted by molar-refractivity contribution is -0.186. The number of benzene rings is 1. The number of nitrogens with two attached hydrogens (primary N) is 1. The molecule has 6 heteroatoms. The van der Waals surface area contributed by atoms with Crippen LogP contribution in [0, 0.1) is 0 Å². The summed E-state index contributed by atoms with van der Waals surface area (Å²) in [7, 11) is 0. The Morgan fingerprint density at radius 3 is 2.44 bits per heavy atom. The Kier molecular flexibility index (Phi) is 4.28. The Morgan fingerprint density at radius 1 is 1.38 bits per heavy atom. The molecule has 0 aromatic heterocycles. The molecule has 0 unspecified atom stereocenters. The Labute approximate surface area is 98.3 Å². The summed E-state index contributed by atoms with van der Waals surface area (Å²) in [6.07, 6.45) is 0. The van der Waals surface area contributed by atoms with E-state index in [1.165, 1.54) is 6.92 Å². The Balaban J connectivity index is 2.70. The van der Waals surface area contributed by atoms with E-state index in [0.29, 0.717) is 15.9 Å². The predicted octanol–water partition coefficient (Wildman–Crippen LogP) is 1.72. The van der Waals surface area contributed by atoms with E-state index in [2.05, 4.69) is 10.1 Å². The van der Waals surface area contributed by atoms with Crippen LogP contribution in [-0.2, 0) is 9.73 Å². The molecule has 0 spiro atoms. The first-order chi connectivity index (χ1) is 7.50. The number of carbonyl (C=O) groups is 1. The van der Waals surface area contributed by atoms with Crippen molar-refractivity contribution < 1.29 is 9.73 Å². The third kappa shape index (κ3) is 3.52. The van der Waals surface area contributed by atoms with E-state index in [0.717, 1.165) is 5.56 Å². The first-order valence-electron chi connectivity index (χ1n) is 4.54. The summed E-state index contributed by atoms with van der Waals surface area (Å²) in [5.41, 5.74) is 1.43. The molecular weight excluding hydrogens is 230 g/mol. The number of hydrazine groups is 1. The van der Waals surface area contributed by atoms with Gasteiger partial charge in [0, 0.05) is 11.9 Å². The van der Waals surface area contributed by atoms with E-state index in [1.807, 2.05) is 0 Å². The molecule has 0 aliphatic heterocycles. The number of rotatable bonds is 3. The number of oxime groups is 1. The fourth-order valence-electron chi connectivity index (χ4n) is 0.907. The maximum atomic E-state index is 10.7. The van der Waals surface area contributed by atoms with E-state index in [9.17, 15) is 4.79 Å². The lowest BCUT2D eigenvalue weighted by Crippen LogP contribution is -2.34. The number of hydrogen-bond acceptors (Lipinski definition) is 4. The monoisotopic (exact) mass is 241 g/mol. The van der Waals surface area contributed by atoms with Gasteiger partial charge in [-0.05, 0) is 24.6 Å². The second kappa shape index (κ2) is 5.48. The van der Waals surface area contributed by atoms with Gasteiger partial charge in [-0.25, -0.2) is 10.8 Å². The molecule has 0 atom stereocenters. The van der Waals surface area contributed by atoms with Gasteiger partial charge in [0.25, 0.3) is 5.91 Å². The van der Waals surface area contributed by atoms with Gasteiger partial charge < -0.3 is 0 Å².